The molecule has 0 radical (unpaired) electrons. The highest BCUT2D eigenvalue weighted by Gasteiger charge is 2.04. The lowest BCUT2D eigenvalue weighted by Gasteiger charge is -2.07. The molecule has 0 aliphatic carbocycles. The minimum Gasteiger partial charge on any atom is -0.479 e. The van der Waals surface area contributed by atoms with Crippen LogP contribution >= 0.6 is 38.9 Å². The molecule has 0 amide bonds. The van der Waals surface area contributed by atoms with Gasteiger partial charge in [-0.2, -0.15) is 5.26 Å². The molecular formula is C13H10BrClN2OS. The van der Waals surface area contributed by atoms with Crippen molar-refractivity contribution in [2.45, 2.75) is 6.54 Å². The first-order chi connectivity index (χ1) is 9.19. The molecule has 2 aromatic rings. The van der Waals surface area contributed by atoms with Crippen molar-refractivity contribution >= 4 is 44.6 Å². The van der Waals surface area contributed by atoms with Crippen LogP contribution in [0.3, 0.4) is 0 Å². The molecule has 0 saturated carbocycles. The van der Waals surface area contributed by atoms with Gasteiger partial charge in [0.25, 0.3) is 0 Å². The van der Waals surface area contributed by atoms with Crippen molar-refractivity contribution in [3.8, 4) is 11.8 Å². The lowest BCUT2D eigenvalue weighted by molar-refractivity contribution is 0.368. The summed E-state index contributed by atoms with van der Waals surface area (Å²) < 4.78 is 6.92. The molecule has 98 valence electrons. The average molecular weight is 358 g/mol. The van der Waals surface area contributed by atoms with Crippen LogP contribution in [0.1, 0.15) is 4.88 Å². The van der Waals surface area contributed by atoms with Crippen LogP contribution < -0.4 is 10.1 Å². The number of rotatable bonds is 5. The van der Waals surface area contributed by atoms with E-state index in [1.807, 2.05) is 36.4 Å². The van der Waals surface area contributed by atoms with E-state index in [0.29, 0.717) is 12.3 Å². The molecule has 0 unspecified atom stereocenters. The van der Waals surface area contributed by atoms with Crippen molar-refractivity contribution in [1.82, 2.24) is 0 Å². The van der Waals surface area contributed by atoms with Crippen molar-refractivity contribution in [2.24, 2.45) is 0 Å². The van der Waals surface area contributed by atoms with Crippen LogP contribution in [0, 0.1) is 11.3 Å². The zero-order chi connectivity index (χ0) is 13.7. The Morgan fingerprint density at radius 2 is 2.26 bits per heavy atom. The van der Waals surface area contributed by atoms with E-state index in [-0.39, 0.29) is 6.61 Å². The summed E-state index contributed by atoms with van der Waals surface area (Å²) in [6.07, 6.45) is 0. The predicted molar refractivity (Wildman–Crippen MR) is 81.9 cm³/mol. The van der Waals surface area contributed by atoms with Gasteiger partial charge in [-0.05, 0) is 34.1 Å². The van der Waals surface area contributed by atoms with Crippen LogP contribution in [0.15, 0.2) is 34.8 Å². The molecule has 1 aromatic carbocycles. The fraction of sp³-hybridized carbons (Fsp3) is 0.154. The molecule has 1 N–H and O–H groups in total. The van der Waals surface area contributed by atoms with Gasteiger partial charge in [-0.3, -0.25) is 0 Å². The number of ether oxygens (including phenoxy) is 1. The first-order valence-corrected chi connectivity index (χ1v) is 7.45. The Morgan fingerprint density at radius 3 is 2.95 bits per heavy atom. The Bertz CT molecular complexity index is 589. The van der Waals surface area contributed by atoms with Gasteiger partial charge in [-0.1, -0.05) is 17.7 Å². The van der Waals surface area contributed by atoms with E-state index in [0.717, 1.165) is 19.4 Å². The second kappa shape index (κ2) is 6.80. The fourth-order valence-electron chi connectivity index (χ4n) is 1.48. The number of halogens is 2. The maximum atomic E-state index is 8.47. The Balaban J connectivity index is 1.97. The summed E-state index contributed by atoms with van der Waals surface area (Å²) in [5, 5.41) is 11.8. The topological polar surface area (TPSA) is 45.0 Å². The lowest BCUT2D eigenvalue weighted by Crippen LogP contribution is -1.98. The van der Waals surface area contributed by atoms with E-state index in [9.17, 15) is 0 Å². The number of anilines is 1. The van der Waals surface area contributed by atoms with Crippen LogP contribution in [0.25, 0.3) is 0 Å². The van der Waals surface area contributed by atoms with Crippen LogP contribution in [0.5, 0.6) is 5.75 Å². The monoisotopic (exact) mass is 356 g/mol. The highest BCUT2D eigenvalue weighted by Crippen LogP contribution is 2.32. The van der Waals surface area contributed by atoms with E-state index in [1.165, 1.54) is 11.3 Å². The van der Waals surface area contributed by atoms with Crippen LogP contribution in [0.4, 0.5) is 5.69 Å². The number of nitriles is 1. The number of thiophene rings is 1. The third kappa shape index (κ3) is 4.13. The SMILES string of the molecule is N#CCOc1cccc(NCc2cc(Br)c(Cl)s2)c1. The molecule has 0 spiro atoms. The van der Waals surface area contributed by atoms with Crippen molar-refractivity contribution in [3.63, 3.8) is 0 Å². The Morgan fingerprint density at radius 1 is 1.42 bits per heavy atom. The summed E-state index contributed by atoms with van der Waals surface area (Å²) in [5.41, 5.74) is 0.941. The maximum Gasteiger partial charge on any atom is 0.174 e. The summed E-state index contributed by atoms with van der Waals surface area (Å²) in [5.74, 6) is 0.678. The zero-order valence-corrected chi connectivity index (χ0v) is 13.0. The van der Waals surface area contributed by atoms with Crippen molar-refractivity contribution in [3.05, 3.63) is 44.0 Å². The predicted octanol–water partition coefficient (Wildman–Crippen LogP) is 4.68. The Labute approximate surface area is 128 Å². The van der Waals surface area contributed by atoms with Gasteiger partial charge in [0.1, 0.15) is 16.2 Å². The minimum atomic E-state index is 0.0525. The third-order valence-electron chi connectivity index (χ3n) is 2.30. The van der Waals surface area contributed by atoms with Gasteiger partial charge in [0, 0.05) is 27.6 Å². The van der Waals surface area contributed by atoms with Gasteiger partial charge in [0.05, 0.1) is 0 Å². The number of benzene rings is 1. The highest BCUT2D eigenvalue weighted by molar-refractivity contribution is 9.10. The Kier molecular flexibility index (Phi) is 5.08. The normalized spacial score (nSPS) is 9.95. The molecule has 0 fully saturated rings. The molecule has 2 rings (SSSR count). The standard InChI is InChI=1S/C13H10BrClN2OS/c14-12-7-11(19-13(12)15)8-17-9-2-1-3-10(6-9)18-5-4-16/h1-3,6-7,17H,5,8H2. The molecule has 0 saturated heterocycles. The molecule has 19 heavy (non-hydrogen) atoms. The van der Waals surface area contributed by atoms with Crippen LogP contribution in [-0.2, 0) is 6.54 Å². The lowest BCUT2D eigenvalue weighted by atomic mass is 10.3. The van der Waals surface area contributed by atoms with E-state index in [2.05, 4.69) is 21.2 Å². The molecule has 0 atom stereocenters. The molecule has 0 aliphatic rings. The molecule has 1 heterocycles. The second-order valence-corrected chi connectivity index (χ2v) is 6.26. The van der Waals surface area contributed by atoms with Crippen LogP contribution in [0.2, 0.25) is 4.34 Å². The van der Waals surface area contributed by atoms with Gasteiger partial charge in [-0.15, -0.1) is 11.3 Å². The highest BCUT2D eigenvalue weighted by atomic mass is 79.9. The first-order valence-electron chi connectivity index (χ1n) is 5.46. The minimum absolute atomic E-state index is 0.0525. The second-order valence-electron chi connectivity index (χ2n) is 3.66. The number of nitrogens with zero attached hydrogens (tertiary/aromatic N) is 1. The quantitative estimate of drug-likeness (QED) is 0.845. The average Bonchev–Trinajstić information content (AvgIpc) is 2.74. The van der Waals surface area contributed by atoms with E-state index >= 15 is 0 Å². The molecular weight excluding hydrogens is 348 g/mol. The van der Waals surface area contributed by atoms with Gasteiger partial charge in [-0.25, -0.2) is 0 Å². The van der Waals surface area contributed by atoms with Crippen molar-refractivity contribution < 1.29 is 4.74 Å². The van der Waals surface area contributed by atoms with Crippen LogP contribution in [-0.4, -0.2) is 6.61 Å². The fourth-order valence-corrected chi connectivity index (χ4v) is 3.21. The summed E-state index contributed by atoms with van der Waals surface area (Å²) in [7, 11) is 0. The molecule has 3 nitrogen and oxygen atoms in total. The van der Waals surface area contributed by atoms with E-state index < -0.39 is 0 Å². The summed E-state index contributed by atoms with van der Waals surface area (Å²) in [6.45, 7) is 0.745. The van der Waals surface area contributed by atoms with E-state index in [1.54, 1.807) is 0 Å². The third-order valence-corrected chi connectivity index (χ3v) is 4.78. The largest absolute Gasteiger partial charge is 0.479 e. The Hall–Kier alpha value is -1.22. The summed E-state index contributed by atoms with van der Waals surface area (Å²) in [4.78, 5) is 1.14. The zero-order valence-electron chi connectivity index (χ0n) is 9.82. The smallest absolute Gasteiger partial charge is 0.174 e. The first kappa shape index (κ1) is 14.2. The van der Waals surface area contributed by atoms with Gasteiger partial charge in [0.15, 0.2) is 6.61 Å². The van der Waals surface area contributed by atoms with Crippen molar-refractivity contribution in [2.75, 3.05) is 11.9 Å². The van der Waals surface area contributed by atoms with Crippen molar-refractivity contribution in [1.29, 1.82) is 5.26 Å². The summed E-state index contributed by atoms with van der Waals surface area (Å²) >= 11 is 10.9. The molecule has 0 aliphatic heterocycles. The van der Waals surface area contributed by atoms with Gasteiger partial charge < -0.3 is 10.1 Å². The molecule has 1 aromatic heterocycles. The molecule has 6 heteroatoms. The summed E-state index contributed by atoms with van der Waals surface area (Å²) in [6, 6.07) is 11.5. The number of hydrogen-bond donors (Lipinski definition) is 1. The van der Waals surface area contributed by atoms with E-state index in [4.69, 9.17) is 21.6 Å². The number of hydrogen-bond acceptors (Lipinski definition) is 4. The van der Waals surface area contributed by atoms with Gasteiger partial charge >= 0.3 is 0 Å². The molecule has 0 bridgehead atoms. The number of nitrogens with one attached hydrogen (secondary N) is 1. The maximum absolute atomic E-state index is 8.47. The van der Waals surface area contributed by atoms with Gasteiger partial charge in [0.2, 0.25) is 0 Å².